The molecule has 2 aromatic heterocycles. The van der Waals surface area contributed by atoms with E-state index in [-0.39, 0.29) is 0 Å². The maximum absolute atomic E-state index is 5.52. The third kappa shape index (κ3) is 6.20. The second-order valence-electron chi connectivity index (χ2n) is 13.5. The van der Waals surface area contributed by atoms with Crippen molar-refractivity contribution < 1.29 is 0 Å². The summed E-state index contributed by atoms with van der Waals surface area (Å²) in [6.07, 6.45) is 10.9. The van der Waals surface area contributed by atoms with Crippen LogP contribution in [-0.4, -0.2) is 14.8 Å². The van der Waals surface area contributed by atoms with Crippen molar-refractivity contribution in [3.63, 3.8) is 0 Å². The summed E-state index contributed by atoms with van der Waals surface area (Å²) in [7, 11) is 2.19. The van der Waals surface area contributed by atoms with Gasteiger partial charge in [0.05, 0.1) is 22.5 Å². The third-order valence-corrected chi connectivity index (χ3v) is 10.2. The van der Waals surface area contributed by atoms with E-state index >= 15 is 0 Å². The average molecular weight is 674 g/mol. The van der Waals surface area contributed by atoms with Crippen LogP contribution >= 0.6 is 0 Å². The first-order chi connectivity index (χ1) is 25.6. The van der Waals surface area contributed by atoms with E-state index in [9.17, 15) is 0 Å². The van der Waals surface area contributed by atoms with Crippen LogP contribution in [0.3, 0.4) is 0 Å². The minimum absolute atomic E-state index is 0.792. The van der Waals surface area contributed by atoms with Crippen molar-refractivity contribution in [2.24, 2.45) is 12.0 Å². The summed E-state index contributed by atoms with van der Waals surface area (Å²) in [5, 5.41) is 2.42. The number of nitrogens with zero attached hydrogens (tertiary/aromatic N) is 3. The van der Waals surface area contributed by atoms with E-state index in [4.69, 9.17) is 4.99 Å². The molecule has 0 amide bonds. The van der Waals surface area contributed by atoms with Crippen molar-refractivity contribution in [3.05, 3.63) is 226 Å². The minimum atomic E-state index is 0.792. The zero-order valence-electron chi connectivity index (χ0n) is 30.1. The zero-order chi connectivity index (χ0) is 35.4. The Morgan fingerprint density at radius 3 is 1.65 bits per heavy atom. The first kappa shape index (κ1) is 33.0. The van der Waals surface area contributed by atoms with Crippen LogP contribution < -0.4 is 10.7 Å². The fraction of sp³-hybridized carbons (Fsp3) is 0.122. The molecule has 2 aliphatic heterocycles. The van der Waals surface area contributed by atoms with Crippen molar-refractivity contribution in [3.8, 4) is 0 Å². The highest BCUT2D eigenvalue weighted by atomic mass is 15.0. The van der Waals surface area contributed by atoms with Crippen molar-refractivity contribution in [2.75, 3.05) is 0 Å². The largest absolute Gasteiger partial charge is 0.344 e. The first-order valence-corrected chi connectivity index (χ1v) is 18.3. The Morgan fingerprint density at radius 2 is 1.06 bits per heavy atom. The lowest BCUT2D eigenvalue weighted by atomic mass is 9.96. The van der Waals surface area contributed by atoms with E-state index in [1.165, 1.54) is 38.5 Å². The molecule has 254 valence electrons. The van der Waals surface area contributed by atoms with Gasteiger partial charge in [-0.1, -0.05) is 140 Å². The predicted molar refractivity (Wildman–Crippen MR) is 218 cm³/mol. The van der Waals surface area contributed by atoms with Gasteiger partial charge in [-0.05, 0) is 89.6 Å². The Hall–Kier alpha value is -6.19. The number of fused-ring (bicyclic) bond motifs is 5. The Morgan fingerprint density at radius 1 is 0.538 bits per heavy atom. The van der Waals surface area contributed by atoms with Crippen LogP contribution in [0.2, 0.25) is 0 Å². The molecule has 8 rings (SSSR count). The van der Waals surface area contributed by atoms with Crippen LogP contribution in [-0.2, 0) is 13.6 Å². The summed E-state index contributed by atoms with van der Waals surface area (Å²) < 4.78 is 4.87. The van der Waals surface area contributed by atoms with Crippen molar-refractivity contribution in [1.82, 2.24) is 9.13 Å². The second-order valence-corrected chi connectivity index (χ2v) is 13.5. The first-order valence-electron chi connectivity index (χ1n) is 18.3. The molecule has 6 aromatic rings. The Kier molecular flexibility index (Phi) is 9.25. The van der Waals surface area contributed by atoms with E-state index in [1.54, 1.807) is 0 Å². The summed E-state index contributed by atoms with van der Waals surface area (Å²) in [5.74, 6) is 0. The van der Waals surface area contributed by atoms with Gasteiger partial charge >= 0.3 is 0 Å². The van der Waals surface area contributed by atoms with Gasteiger partial charge in [0.25, 0.3) is 0 Å². The zero-order valence-corrected chi connectivity index (χ0v) is 30.1. The van der Waals surface area contributed by atoms with Gasteiger partial charge in [0, 0.05) is 41.4 Å². The highest BCUT2D eigenvalue weighted by Gasteiger charge is 2.23. The van der Waals surface area contributed by atoms with Gasteiger partial charge in [-0.2, -0.15) is 0 Å². The third-order valence-electron chi connectivity index (χ3n) is 10.2. The lowest BCUT2D eigenvalue weighted by molar-refractivity contribution is 0.648. The molecule has 52 heavy (non-hydrogen) atoms. The normalized spacial score (nSPS) is 20.1. The molecule has 0 saturated carbocycles. The fourth-order valence-electron chi connectivity index (χ4n) is 7.76. The number of hydrogen-bond donors (Lipinski definition) is 0. The summed E-state index contributed by atoms with van der Waals surface area (Å²) >= 11 is 0. The summed E-state index contributed by atoms with van der Waals surface area (Å²) in [6.45, 7) is 5.40. The van der Waals surface area contributed by atoms with Crippen LogP contribution in [0, 0.1) is 0 Å². The Bertz CT molecular complexity index is 2520. The molecule has 0 fully saturated rings. The number of aliphatic imine (C=N–C) groups is 1. The molecule has 0 unspecified atom stereocenters. The maximum Gasteiger partial charge on any atom is 0.0737 e. The lowest BCUT2D eigenvalue weighted by Gasteiger charge is -2.16. The van der Waals surface area contributed by atoms with Gasteiger partial charge in [0.2, 0.25) is 0 Å². The van der Waals surface area contributed by atoms with Crippen molar-refractivity contribution in [2.45, 2.75) is 33.2 Å². The molecule has 0 aliphatic carbocycles. The van der Waals surface area contributed by atoms with Crippen LogP contribution in [0.5, 0.6) is 0 Å². The summed E-state index contributed by atoms with van der Waals surface area (Å²) in [4.78, 5) is 5.52. The molecule has 0 saturated heterocycles. The maximum atomic E-state index is 5.52. The Balaban J connectivity index is 1.51. The van der Waals surface area contributed by atoms with Gasteiger partial charge < -0.3 is 9.13 Å². The number of allylic oxidation sites excluding steroid dienone is 5. The molecular weight excluding hydrogens is 631 g/mol. The lowest BCUT2D eigenvalue weighted by Crippen LogP contribution is -2.31. The van der Waals surface area contributed by atoms with Crippen LogP contribution in [0.25, 0.3) is 22.3 Å². The second kappa shape index (κ2) is 14.6. The molecule has 2 aliphatic rings. The standard InChI is InChI=1S/C49H43N3/c1-4-34-52-43-30-33-46(52)49(39-25-15-8-16-26-39)42-29-28-41(50-42)48(38-23-13-7-14-24-38)45-32-31-44(51(45)3)47(37-21-11-6-12-22-37)35(2)18-17-27-40(43)36-19-9-5-10-20-36/h5-26,28-33H,4,27,34H2,1-3H3/b18-17-,43-40+,47-35+,48-41-,49-46-. The van der Waals surface area contributed by atoms with Crippen LogP contribution in [0.15, 0.2) is 186 Å². The number of hydrogen-bond acceptors (Lipinski definition) is 1. The smallest absolute Gasteiger partial charge is 0.0737 e. The highest BCUT2D eigenvalue weighted by molar-refractivity contribution is 6.30. The molecule has 0 N–H and O–H groups in total. The molecular formula is C49H43N3. The van der Waals surface area contributed by atoms with E-state index in [0.717, 1.165) is 64.5 Å². The van der Waals surface area contributed by atoms with Gasteiger partial charge in [-0.25, -0.2) is 4.99 Å². The molecule has 3 heteroatoms. The van der Waals surface area contributed by atoms with Gasteiger partial charge in [0.1, 0.15) is 0 Å². The number of benzene rings is 4. The van der Waals surface area contributed by atoms with Crippen molar-refractivity contribution >= 4 is 28.0 Å². The van der Waals surface area contributed by atoms with Gasteiger partial charge in [0.15, 0.2) is 0 Å². The van der Waals surface area contributed by atoms with Crippen LogP contribution in [0.1, 0.15) is 60.3 Å². The summed E-state index contributed by atoms with van der Waals surface area (Å²) in [5.41, 5.74) is 14.9. The molecule has 6 bridgehead atoms. The molecule has 4 aromatic carbocycles. The molecule has 0 atom stereocenters. The average Bonchev–Trinajstić information content (AvgIpc) is 3.93. The number of rotatable bonds is 6. The monoisotopic (exact) mass is 673 g/mol. The molecule has 4 heterocycles. The van der Waals surface area contributed by atoms with Gasteiger partial charge in [-0.15, -0.1) is 0 Å². The molecule has 3 nitrogen and oxygen atoms in total. The Labute approximate surface area is 307 Å². The van der Waals surface area contributed by atoms with E-state index < -0.39 is 0 Å². The minimum Gasteiger partial charge on any atom is -0.344 e. The quantitative estimate of drug-likeness (QED) is 0.168. The highest BCUT2D eigenvalue weighted by Crippen LogP contribution is 2.36. The summed E-state index contributed by atoms with van der Waals surface area (Å²) in [6, 6.07) is 52.3. The van der Waals surface area contributed by atoms with Crippen molar-refractivity contribution in [1.29, 1.82) is 0 Å². The van der Waals surface area contributed by atoms with Gasteiger partial charge in [-0.3, -0.25) is 0 Å². The predicted octanol–water partition coefficient (Wildman–Crippen LogP) is 9.89. The van der Waals surface area contributed by atoms with E-state index in [0.29, 0.717) is 0 Å². The molecule has 0 spiro atoms. The van der Waals surface area contributed by atoms with E-state index in [1.807, 2.05) is 0 Å². The topological polar surface area (TPSA) is 22.2 Å². The fourth-order valence-corrected chi connectivity index (χ4v) is 7.76. The molecule has 0 radical (unpaired) electrons. The SMILES string of the molecule is CCCn1/c2cc/c1=C(\c1ccccc1)C/C=C\C(C)=C(/c1ccccc1)c1ccc(n1C)/C(c1ccccc1)=C1/C=CC(=N1)/C=2c1ccccc1. The van der Waals surface area contributed by atoms with E-state index in [2.05, 4.69) is 200 Å². The number of aromatic nitrogens is 2. The van der Waals surface area contributed by atoms with Crippen LogP contribution in [0.4, 0.5) is 0 Å².